The van der Waals surface area contributed by atoms with Gasteiger partial charge in [-0.05, 0) is 59.7 Å². The van der Waals surface area contributed by atoms with Crippen LogP contribution in [0.3, 0.4) is 0 Å². The van der Waals surface area contributed by atoms with Crippen molar-refractivity contribution in [3.05, 3.63) is 107 Å². The van der Waals surface area contributed by atoms with Crippen molar-refractivity contribution in [1.29, 1.82) is 0 Å². The first-order valence-corrected chi connectivity index (χ1v) is 15.1. The Balaban J connectivity index is 1.18. The fraction of sp³-hybridized carbons (Fsp3) is 0.273. The van der Waals surface area contributed by atoms with Crippen LogP contribution >= 0.6 is 11.6 Å². The van der Waals surface area contributed by atoms with Gasteiger partial charge in [-0.1, -0.05) is 23.7 Å². The van der Waals surface area contributed by atoms with Crippen molar-refractivity contribution in [2.75, 3.05) is 44.7 Å². The Labute approximate surface area is 267 Å². The van der Waals surface area contributed by atoms with Gasteiger partial charge in [0.15, 0.2) is 0 Å². The van der Waals surface area contributed by atoms with E-state index in [1.807, 2.05) is 0 Å². The van der Waals surface area contributed by atoms with Gasteiger partial charge in [0, 0.05) is 61.9 Å². The van der Waals surface area contributed by atoms with Gasteiger partial charge in [-0.15, -0.1) is 0 Å². The first-order chi connectivity index (χ1) is 22.2. The van der Waals surface area contributed by atoms with E-state index in [9.17, 15) is 17.6 Å². The van der Waals surface area contributed by atoms with Crippen LogP contribution in [0.25, 0.3) is 16.6 Å². The summed E-state index contributed by atoms with van der Waals surface area (Å²) in [7, 11) is 0. The molecule has 0 amide bonds. The zero-order valence-electron chi connectivity index (χ0n) is 24.7. The molecule has 13 heteroatoms. The molecule has 46 heavy (non-hydrogen) atoms. The third-order valence-corrected chi connectivity index (χ3v) is 7.93. The summed E-state index contributed by atoms with van der Waals surface area (Å²) < 4.78 is 68.1. The van der Waals surface area contributed by atoms with Crippen molar-refractivity contribution in [1.82, 2.24) is 24.8 Å². The Morgan fingerprint density at radius 2 is 1.83 bits per heavy atom. The summed E-state index contributed by atoms with van der Waals surface area (Å²) in [6, 6.07) is 16.4. The molecule has 0 radical (unpaired) electrons. The number of benzene rings is 3. The quantitative estimate of drug-likeness (QED) is 0.118. The summed E-state index contributed by atoms with van der Waals surface area (Å²) in [6.07, 6.45) is -0.490. The summed E-state index contributed by atoms with van der Waals surface area (Å²) >= 11 is 6.48. The minimum atomic E-state index is -4.51. The smallest absolute Gasteiger partial charge is 0.418 e. The first-order valence-electron chi connectivity index (χ1n) is 14.7. The number of alkyl halides is 3. The van der Waals surface area contributed by atoms with E-state index >= 15 is 0 Å². The number of nitrogens with zero attached hydrogens (tertiary/aromatic N) is 4. The summed E-state index contributed by atoms with van der Waals surface area (Å²) in [5.41, 5.74) is 1.87. The maximum atomic E-state index is 14.0. The molecule has 2 N–H and O–H groups in total. The minimum Gasteiger partial charge on any atom is -0.487 e. The molecule has 3 heterocycles. The third-order valence-electron chi connectivity index (χ3n) is 7.63. The second-order valence-corrected chi connectivity index (χ2v) is 11.3. The average Bonchev–Trinajstić information content (AvgIpc) is 3.48. The number of ether oxygens (including phenoxy) is 2. The van der Waals surface area contributed by atoms with Gasteiger partial charge in [-0.25, -0.2) is 14.4 Å². The van der Waals surface area contributed by atoms with E-state index in [1.165, 1.54) is 29.2 Å². The second-order valence-electron chi connectivity index (χ2n) is 10.8. The van der Waals surface area contributed by atoms with Crippen molar-refractivity contribution in [3.8, 4) is 11.4 Å². The van der Waals surface area contributed by atoms with Crippen LogP contribution in [-0.4, -0.2) is 58.8 Å². The fourth-order valence-electron chi connectivity index (χ4n) is 5.25. The number of fused-ring (bicyclic) bond motifs is 1. The van der Waals surface area contributed by atoms with Crippen LogP contribution in [0.2, 0.25) is 5.02 Å². The average molecular weight is 655 g/mol. The van der Waals surface area contributed by atoms with Crippen LogP contribution in [0.15, 0.2) is 79.4 Å². The predicted octanol–water partition coefficient (Wildman–Crippen LogP) is 6.98. The Bertz CT molecular complexity index is 1810. The molecule has 0 bridgehead atoms. The highest BCUT2D eigenvalue weighted by Crippen LogP contribution is 2.35. The molecule has 8 nitrogen and oxygen atoms in total. The molecule has 0 aliphatic carbocycles. The van der Waals surface area contributed by atoms with E-state index in [0.29, 0.717) is 64.2 Å². The molecule has 1 aliphatic rings. The first kappa shape index (κ1) is 31.7. The molecule has 0 saturated carbocycles. The largest absolute Gasteiger partial charge is 0.487 e. The maximum Gasteiger partial charge on any atom is 0.418 e. The highest BCUT2D eigenvalue weighted by atomic mass is 35.5. The molecule has 5 aromatic rings. The van der Waals surface area contributed by atoms with Crippen molar-refractivity contribution < 1.29 is 27.0 Å². The van der Waals surface area contributed by atoms with E-state index in [-0.39, 0.29) is 24.5 Å². The number of anilines is 2. The van der Waals surface area contributed by atoms with E-state index in [4.69, 9.17) is 21.1 Å². The zero-order chi connectivity index (χ0) is 32.1. The number of nitrogens with one attached hydrogen (secondary N) is 2. The monoisotopic (exact) mass is 654 g/mol. The number of morpholine rings is 1. The van der Waals surface area contributed by atoms with Crippen molar-refractivity contribution in [3.63, 3.8) is 0 Å². The molecule has 0 spiro atoms. The second kappa shape index (κ2) is 14.0. The molecule has 1 aliphatic heterocycles. The van der Waals surface area contributed by atoms with E-state index in [0.717, 1.165) is 25.8 Å². The van der Waals surface area contributed by atoms with Gasteiger partial charge in [0.2, 0.25) is 0 Å². The lowest BCUT2D eigenvalue weighted by Gasteiger charge is -2.26. The standard InChI is InChI=1S/C33H31ClF4N6O2/c34-29-15-25(4-7-31(29)46-20-22-2-1-3-24(35)14-22)42-32-27-16-26(5-6-30(27)40-21-41-32)44-18-23(28(19-44)33(36,37)38)17-39-8-9-43-10-12-45-13-11-43/h1-7,14-16,18-19,21,39H,8-13,17,20H2,(H,40,41,42). The normalized spacial score (nSPS) is 14.1. The number of rotatable bonds is 11. The van der Waals surface area contributed by atoms with Crippen LogP contribution in [0, 0.1) is 5.82 Å². The van der Waals surface area contributed by atoms with Gasteiger partial charge in [-0.2, -0.15) is 13.2 Å². The number of aromatic nitrogens is 3. The van der Waals surface area contributed by atoms with Crippen molar-refractivity contribution in [2.45, 2.75) is 19.3 Å². The Morgan fingerprint density at radius 3 is 2.61 bits per heavy atom. The Morgan fingerprint density at radius 1 is 0.978 bits per heavy atom. The van der Waals surface area contributed by atoms with Crippen LogP contribution in [0.5, 0.6) is 5.75 Å². The summed E-state index contributed by atoms with van der Waals surface area (Å²) in [5.74, 6) is 0.521. The highest BCUT2D eigenvalue weighted by Gasteiger charge is 2.35. The number of halogens is 5. The van der Waals surface area contributed by atoms with Gasteiger partial charge >= 0.3 is 6.18 Å². The van der Waals surface area contributed by atoms with Crippen LogP contribution in [0.1, 0.15) is 16.7 Å². The Hall–Kier alpha value is -4.23. The molecule has 1 fully saturated rings. The van der Waals surface area contributed by atoms with Crippen LogP contribution in [-0.2, 0) is 24.1 Å². The summed E-state index contributed by atoms with van der Waals surface area (Å²) in [6.45, 7) is 4.51. The predicted molar refractivity (Wildman–Crippen MR) is 168 cm³/mol. The summed E-state index contributed by atoms with van der Waals surface area (Å²) in [4.78, 5) is 10.9. The lowest BCUT2D eigenvalue weighted by atomic mass is 10.2. The van der Waals surface area contributed by atoms with E-state index in [2.05, 4.69) is 25.5 Å². The van der Waals surface area contributed by atoms with Crippen molar-refractivity contribution >= 4 is 34.0 Å². The molecule has 6 rings (SSSR count). The van der Waals surface area contributed by atoms with Crippen LogP contribution < -0.4 is 15.4 Å². The molecule has 0 atom stereocenters. The van der Waals surface area contributed by atoms with Gasteiger partial charge in [0.25, 0.3) is 0 Å². The molecule has 2 aromatic heterocycles. The van der Waals surface area contributed by atoms with E-state index in [1.54, 1.807) is 48.5 Å². The summed E-state index contributed by atoms with van der Waals surface area (Å²) in [5, 5.41) is 7.32. The van der Waals surface area contributed by atoms with Gasteiger partial charge in [0.05, 0.1) is 29.3 Å². The number of hydrogen-bond donors (Lipinski definition) is 2. The fourth-order valence-corrected chi connectivity index (χ4v) is 5.49. The number of hydrogen-bond acceptors (Lipinski definition) is 7. The van der Waals surface area contributed by atoms with Crippen LogP contribution in [0.4, 0.5) is 29.1 Å². The molecular weight excluding hydrogens is 624 g/mol. The third kappa shape index (κ3) is 7.76. The SMILES string of the molecule is Fc1cccc(COc2ccc(Nc3ncnc4ccc(-n5cc(CNCCN6CCOCC6)c(C(F)(F)F)c5)cc34)cc2Cl)c1. The molecule has 3 aromatic carbocycles. The van der Waals surface area contributed by atoms with Gasteiger partial charge in [-0.3, -0.25) is 4.90 Å². The minimum absolute atomic E-state index is 0.0817. The molecule has 0 unspecified atom stereocenters. The lowest BCUT2D eigenvalue weighted by Crippen LogP contribution is -2.40. The van der Waals surface area contributed by atoms with Gasteiger partial charge in [0.1, 0.15) is 30.3 Å². The lowest BCUT2D eigenvalue weighted by molar-refractivity contribution is -0.138. The molecule has 240 valence electrons. The molecular formula is C33H31ClF4N6O2. The molecule has 1 saturated heterocycles. The maximum absolute atomic E-state index is 14.0. The highest BCUT2D eigenvalue weighted by molar-refractivity contribution is 6.32. The topological polar surface area (TPSA) is 76.5 Å². The zero-order valence-corrected chi connectivity index (χ0v) is 25.4. The van der Waals surface area contributed by atoms with E-state index < -0.39 is 11.7 Å². The van der Waals surface area contributed by atoms with Gasteiger partial charge < -0.3 is 24.7 Å². The van der Waals surface area contributed by atoms with Crippen molar-refractivity contribution in [2.24, 2.45) is 0 Å². The Kier molecular flexibility index (Phi) is 9.69.